The molecule has 1 aliphatic carbocycles. The van der Waals surface area contributed by atoms with Gasteiger partial charge in [0.05, 0.1) is 5.56 Å². The largest absolute Gasteiger partial charge is 0.434 e. The topological polar surface area (TPSA) is 39.3 Å². The van der Waals surface area contributed by atoms with Crippen molar-refractivity contribution >= 4 is 5.65 Å². The summed E-state index contributed by atoms with van der Waals surface area (Å²) in [6.45, 7) is 0.155. The second-order valence-corrected chi connectivity index (χ2v) is 6.94. The summed E-state index contributed by atoms with van der Waals surface area (Å²) in [5, 5.41) is 0. The van der Waals surface area contributed by atoms with Crippen LogP contribution in [-0.2, 0) is 24.3 Å². The van der Waals surface area contributed by atoms with Crippen LogP contribution in [0.15, 0.2) is 47.7 Å². The molecule has 0 spiro atoms. The number of imidazole rings is 1. The van der Waals surface area contributed by atoms with Gasteiger partial charge < -0.3 is 8.97 Å². The molecule has 3 aromatic rings. The van der Waals surface area contributed by atoms with Gasteiger partial charge in [-0.15, -0.1) is 0 Å². The molecule has 4 nitrogen and oxygen atoms in total. The summed E-state index contributed by atoms with van der Waals surface area (Å²) in [6.07, 6.45) is -4.36. The van der Waals surface area contributed by atoms with Crippen LogP contribution in [-0.4, -0.2) is 14.0 Å². The molecule has 0 N–H and O–H groups in total. The summed E-state index contributed by atoms with van der Waals surface area (Å²) in [4.78, 5) is 15.9. The van der Waals surface area contributed by atoms with Crippen molar-refractivity contribution in [3.63, 3.8) is 0 Å². The summed E-state index contributed by atoms with van der Waals surface area (Å²) < 4.78 is 78.9. The molecular formula is C18H13F6N3O. The monoisotopic (exact) mass is 401 g/mol. The molecule has 0 bridgehead atoms. The number of aromatic nitrogens is 3. The molecule has 4 rings (SSSR count). The van der Waals surface area contributed by atoms with Gasteiger partial charge in [-0.25, -0.2) is 4.98 Å². The van der Waals surface area contributed by atoms with Gasteiger partial charge in [-0.1, -0.05) is 12.1 Å². The van der Waals surface area contributed by atoms with E-state index in [-0.39, 0.29) is 12.2 Å². The van der Waals surface area contributed by atoms with E-state index in [4.69, 9.17) is 0 Å². The Morgan fingerprint density at radius 2 is 1.61 bits per heavy atom. The molecule has 1 fully saturated rings. The smallest absolute Gasteiger partial charge is 0.310 e. The Balaban J connectivity index is 1.66. The van der Waals surface area contributed by atoms with Crippen molar-refractivity contribution < 1.29 is 26.3 Å². The highest BCUT2D eigenvalue weighted by molar-refractivity contribution is 5.39. The Labute approximate surface area is 154 Å². The maximum absolute atomic E-state index is 12.8. The van der Waals surface area contributed by atoms with Crippen molar-refractivity contribution in [3.05, 3.63) is 70.0 Å². The number of hydrogen-bond donors (Lipinski definition) is 0. The van der Waals surface area contributed by atoms with E-state index < -0.39 is 34.6 Å². The van der Waals surface area contributed by atoms with Gasteiger partial charge >= 0.3 is 12.4 Å². The number of hydrogen-bond acceptors (Lipinski definition) is 2. The van der Waals surface area contributed by atoms with Gasteiger partial charge in [-0.3, -0.25) is 4.79 Å². The van der Waals surface area contributed by atoms with Crippen molar-refractivity contribution in [2.24, 2.45) is 0 Å². The van der Waals surface area contributed by atoms with Crippen LogP contribution < -0.4 is 5.56 Å². The molecule has 0 amide bonds. The van der Waals surface area contributed by atoms with Gasteiger partial charge in [0.2, 0.25) is 5.65 Å². The summed E-state index contributed by atoms with van der Waals surface area (Å²) in [7, 11) is 0. The third kappa shape index (κ3) is 3.16. The van der Waals surface area contributed by atoms with Crippen LogP contribution in [0.25, 0.3) is 5.65 Å². The molecule has 0 atom stereocenters. The van der Waals surface area contributed by atoms with E-state index in [1.807, 2.05) is 0 Å². The lowest BCUT2D eigenvalue weighted by atomic mass is 9.94. The highest BCUT2D eigenvalue weighted by atomic mass is 19.4. The quantitative estimate of drug-likeness (QED) is 0.615. The third-order valence-electron chi connectivity index (χ3n) is 5.03. The number of nitrogens with zero attached hydrogens (tertiary/aromatic N) is 3. The first-order valence-electron chi connectivity index (χ1n) is 8.33. The Kier molecular flexibility index (Phi) is 3.89. The Hall–Kier alpha value is -2.78. The summed E-state index contributed by atoms with van der Waals surface area (Å²) in [5.74, 6) is 0. The van der Waals surface area contributed by atoms with Gasteiger partial charge in [-0.2, -0.15) is 26.3 Å². The predicted octanol–water partition coefficient (Wildman–Crippen LogP) is 4.27. The summed E-state index contributed by atoms with van der Waals surface area (Å²) in [5.41, 5.74) is -2.80. The van der Waals surface area contributed by atoms with Crippen molar-refractivity contribution in [2.45, 2.75) is 37.2 Å². The van der Waals surface area contributed by atoms with E-state index >= 15 is 0 Å². The van der Waals surface area contributed by atoms with Gasteiger partial charge in [0.25, 0.3) is 5.56 Å². The average molecular weight is 401 g/mol. The van der Waals surface area contributed by atoms with Crippen LogP contribution in [0.5, 0.6) is 0 Å². The fourth-order valence-corrected chi connectivity index (χ4v) is 3.30. The van der Waals surface area contributed by atoms with Crippen LogP contribution in [0.1, 0.15) is 29.7 Å². The minimum Gasteiger partial charge on any atom is -0.310 e. The van der Waals surface area contributed by atoms with Crippen LogP contribution in [0, 0.1) is 0 Å². The molecule has 0 unspecified atom stereocenters. The summed E-state index contributed by atoms with van der Waals surface area (Å²) >= 11 is 0. The molecule has 10 heteroatoms. The van der Waals surface area contributed by atoms with Crippen LogP contribution in [0.2, 0.25) is 0 Å². The fourth-order valence-electron chi connectivity index (χ4n) is 3.30. The highest BCUT2D eigenvalue weighted by Gasteiger charge is 2.45. The van der Waals surface area contributed by atoms with Crippen LogP contribution in [0.4, 0.5) is 26.3 Å². The Bertz CT molecular complexity index is 1090. The van der Waals surface area contributed by atoms with Crippen molar-refractivity contribution in [3.8, 4) is 0 Å². The van der Waals surface area contributed by atoms with Crippen molar-refractivity contribution in [1.29, 1.82) is 0 Å². The second kappa shape index (κ2) is 5.86. The summed E-state index contributed by atoms with van der Waals surface area (Å²) in [6, 6.07) is 4.75. The van der Waals surface area contributed by atoms with Crippen molar-refractivity contribution in [2.75, 3.05) is 0 Å². The molecule has 28 heavy (non-hydrogen) atoms. The standard InChI is InChI=1S/C18H13F6N3O/c19-17(20,21)12-3-1-11(2-4-12)16(5-6-16)10-27-8-7-26-9-13(18(22,23)24)25-14(26)15(27)28/h1-4,7-9H,5-6,10H2. The zero-order chi connectivity index (χ0) is 20.3. The Morgan fingerprint density at radius 3 is 2.14 bits per heavy atom. The lowest BCUT2D eigenvalue weighted by Crippen LogP contribution is -2.27. The lowest BCUT2D eigenvalue weighted by Gasteiger charge is -2.18. The van der Waals surface area contributed by atoms with Gasteiger partial charge in [0.1, 0.15) is 0 Å². The zero-order valence-corrected chi connectivity index (χ0v) is 14.2. The number of alkyl halides is 6. The number of benzene rings is 1. The van der Waals surface area contributed by atoms with E-state index in [1.54, 1.807) is 0 Å². The van der Waals surface area contributed by atoms with Gasteiger partial charge in [0, 0.05) is 30.6 Å². The third-order valence-corrected chi connectivity index (χ3v) is 5.03. The first kappa shape index (κ1) is 18.6. The maximum atomic E-state index is 12.8. The molecular weight excluding hydrogens is 388 g/mol. The van der Waals surface area contributed by atoms with Crippen LogP contribution in [0.3, 0.4) is 0 Å². The minimum atomic E-state index is -4.67. The zero-order valence-electron chi connectivity index (χ0n) is 14.2. The Morgan fingerprint density at radius 1 is 0.964 bits per heavy atom. The molecule has 1 aliphatic rings. The molecule has 0 aliphatic heterocycles. The maximum Gasteiger partial charge on any atom is 0.434 e. The predicted molar refractivity (Wildman–Crippen MR) is 86.8 cm³/mol. The van der Waals surface area contributed by atoms with Gasteiger partial charge in [0.15, 0.2) is 5.69 Å². The SMILES string of the molecule is O=c1c2nc(C(F)(F)F)cn2ccn1CC1(c2ccc(C(F)(F)F)cc2)CC1. The molecule has 148 valence electrons. The van der Waals surface area contributed by atoms with Crippen molar-refractivity contribution in [1.82, 2.24) is 14.0 Å². The minimum absolute atomic E-state index is 0.155. The van der Waals surface area contributed by atoms with Gasteiger partial charge in [-0.05, 0) is 30.5 Å². The van der Waals surface area contributed by atoms with E-state index in [0.29, 0.717) is 18.4 Å². The average Bonchev–Trinajstić information content (AvgIpc) is 3.24. The van der Waals surface area contributed by atoms with E-state index in [1.165, 1.54) is 29.1 Å². The number of halogens is 6. The van der Waals surface area contributed by atoms with E-state index in [0.717, 1.165) is 22.7 Å². The second-order valence-electron chi connectivity index (χ2n) is 6.94. The molecule has 2 heterocycles. The van der Waals surface area contributed by atoms with Crippen LogP contribution >= 0.6 is 0 Å². The molecule has 1 saturated carbocycles. The number of rotatable bonds is 3. The molecule has 1 aromatic carbocycles. The highest BCUT2D eigenvalue weighted by Crippen LogP contribution is 2.49. The van der Waals surface area contributed by atoms with E-state index in [2.05, 4.69) is 4.98 Å². The molecule has 2 aromatic heterocycles. The molecule has 0 radical (unpaired) electrons. The number of fused-ring (bicyclic) bond motifs is 1. The normalized spacial score (nSPS) is 16.5. The molecule has 0 saturated heterocycles. The first-order chi connectivity index (χ1) is 13.0. The fraction of sp³-hybridized carbons (Fsp3) is 0.333. The lowest BCUT2D eigenvalue weighted by molar-refractivity contribution is -0.141. The van der Waals surface area contributed by atoms with E-state index in [9.17, 15) is 31.1 Å². The first-order valence-corrected chi connectivity index (χ1v) is 8.33.